The Morgan fingerprint density at radius 1 is 1.03 bits per heavy atom. The van der Waals surface area contributed by atoms with Gasteiger partial charge in [-0.1, -0.05) is 24.3 Å². The minimum Gasteiger partial charge on any atom is -0.497 e. The van der Waals surface area contributed by atoms with Gasteiger partial charge in [0.05, 0.1) is 20.0 Å². The summed E-state index contributed by atoms with van der Waals surface area (Å²) in [7, 11) is 1.66. The molecule has 2 aliphatic heterocycles. The number of nitrogens with one attached hydrogen (secondary N) is 1. The number of piperidine rings is 1. The molecule has 1 aromatic heterocycles. The van der Waals surface area contributed by atoms with Crippen LogP contribution in [0.2, 0.25) is 0 Å². The molecule has 2 aromatic carbocycles. The van der Waals surface area contributed by atoms with E-state index < -0.39 is 5.54 Å². The molecule has 0 radical (unpaired) electrons. The lowest BCUT2D eigenvalue weighted by atomic mass is 9.85. The van der Waals surface area contributed by atoms with Crippen molar-refractivity contribution >= 4 is 11.6 Å². The molecule has 3 heterocycles. The van der Waals surface area contributed by atoms with Gasteiger partial charge in [0.25, 0.3) is 0 Å². The first-order valence-corrected chi connectivity index (χ1v) is 10.7. The van der Waals surface area contributed by atoms with Gasteiger partial charge >= 0.3 is 0 Å². The molecule has 2 fully saturated rings. The van der Waals surface area contributed by atoms with Gasteiger partial charge in [-0.2, -0.15) is 0 Å². The van der Waals surface area contributed by atoms with Gasteiger partial charge in [0.2, 0.25) is 5.91 Å². The molecule has 3 aromatic rings. The van der Waals surface area contributed by atoms with Crippen LogP contribution >= 0.6 is 0 Å². The third-order valence-electron chi connectivity index (χ3n) is 6.60. The van der Waals surface area contributed by atoms with Crippen molar-refractivity contribution in [2.45, 2.75) is 24.9 Å². The third-order valence-corrected chi connectivity index (χ3v) is 6.60. The molecule has 0 aliphatic carbocycles. The smallest absolute Gasteiger partial charge is 0.247 e. The molecular formula is C25H27N3O3. The van der Waals surface area contributed by atoms with Crippen LogP contribution in [0.25, 0.3) is 11.3 Å². The van der Waals surface area contributed by atoms with Gasteiger partial charge in [-0.15, -0.1) is 0 Å². The van der Waals surface area contributed by atoms with E-state index in [4.69, 9.17) is 9.15 Å². The Kier molecular flexibility index (Phi) is 5.16. The van der Waals surface area contributed by atoms with E-state index >= 15 is 0 Å². The van der Waals surface area contributed by atoms with E-state index in [9.17, 15) is 4.79 Å². The largest absolute Gasteiger partial charge is 0.497 e. The first-order chi connectivity index (χ1) is 15.2. The summed E-state index contributed by atoms with van der Waals surface area (Å²) in [5.41, 5.74) is 2.95. The van der Waals surface area contributed by atoms with E-state index in [1.807, 2.05) is 42.5 Å². The normalized spacial score (nSPS) is 18.4. The number of carbonyl (C=O) groups excluding carboxylic acids is 1. The molecule has 2 saturated heterocycles. The first kappa shape index (κ1) is 19.7. The van der Waals surface area contributed by atoms with Gasteiger partial charge in [-0.3, -0.25) is 9.69 Å². The molecule has 6 heteroatoms. The van der Waals surface area contributed by atoms with Gasteiger partial charge in [0, 0.05) is 30.9 Å². The van der Waals surface area contributed by atoms with Crippen LogP contribution in [0.3, 0.4) is 0 Å². The van der Waals surface area contributed by atoms with Gasteiger partial charge in [-0.05, 0) is 54.8 Å². The fraction of sp³-hybridized carbons (Fsp3) is 0.320. The molecule has 6 nitrogen and oxygen atoms in total. The second kappa shape index (κ2) is 8.12. The van der Waals surface area contributed by atoms with Gasteiger partial charge in [0.1, 0.15) is 17.0 Å². The molecule has 0 unspecified atom stereocenters. The Morgan fingerprint density at radius 2 is 1.81 bits per heavy atom. The summed E-state index contributed by atoms with van der Waals surface area (Å²) in [5, 5.41) is 3.07. The summed E-state index contributed by atoms with van der Waals surface area (Å²) < 4.78 is 10.9. The van der Waals surface area contributed by atoms with Crippen molar-refractivity contribution in [2.75, 3.05) is 31.8 Å². The van der Waals surface area contributed by atoms with E-state index in [2.05, 4.69) is 33.3 Å². The zero-order chi connectivity index (χ0) is 21.3. The maximum atomic E-state index is 12.9. The molecule has 1 spiro atoms. The number of likely N-dealkylation sites (tertiary alicyclic amines) is 1. The highest BCUT2D eigenvalue weighted by Gasteiger charge is 2.50. The van der Waals surface area contributed by atoms with Crippen molar-refractivity contribution < 1.29 is 13.9 Å². The van der Waals surface area contributed by atoms with Crippen LogP contribution in [0.15, 0.2) is 71.3 Å². The van der Waals surface area contributed by atoms with Crippen LogP contribution in [0.4, 0.5) is 5.69 Å². The van der Waals surface area contributed by atoms with E-state index in [-0.39, 0.29) is 5.91 Å². The summed E-state index contributed by atoms with van der Waals surface area (Å²) in [5.74, 6) is 1.85. The van der Waals surface area contributed by atoms with Crippen LogP contribution in [0.1, 0.15) is 18.4 Å². The summed E-state index contributed by atoms with van der Waals surface area (Å²) in [6, 6.07) is 20.3. The maximum absolute atomic E-state index is 12.9. The van der Waals surface area contributed by atoms with Crippen LogP contribution in [0.5, 0.6) is 5.75 Å². The highest BCUT2D eigenvalue weighted by molar-refractivity contribution is 5.93. The molecule has 0 saturated carbocycles. The molecule has 0 bridgehead atoms. The number of benzene rings is 2. The number of hydrogen-bond donors (Lipinski definition) is 1. The molecule has 1 amide bonds. The van der Waals surface area contributed by atoms with E-state index in [1.165, 1.54) is 5.56 Å². The lowest BCUT2D eigenvalue weighted by molar-refractivity contribution is -0.125. The minimum atomic E-state index is -0.481. The third kappa shape index (κ3) is 3.57. The van der Waals surface area contributed by atoms with Gasteiger partial charge < -0.3 is 19.4 Å². The fourth-order valence-corrected chi connectivity index (χ4v) is 4.84. The Balaban J connectivity index is 1.32. The topological polar surface area (TPSA) is 58.0 Å². The van der Waals surface area contributed by atoms with Crippen molar-refractivity contribution in [3.05, 3.63) is 72.5 Å². The number of amides is 1. The molecule has 31 heavy (non-hydrogen) atoms. The van der Waals surface area contributed by atoms with E-state index in [0.717, 1.165) is 55.2 Å². The number of nitrogens with zero attached hydrogens (tertiary/aromatic N) is 2. The number of hydrogen-bond acceptors (Lipinski definition) is 5. The number of rotatable bonds is 5. The van der Waals surface area contributed by atoms with Crippen LogP contribution in [-0.4, -0.2) is 43.2 Å². The summed E-state index contributed by atoms with van der Waals surface area (Å²) in [4.78, 5) is 17.6. The molecule has 2 aliphatic rings. The predicted molar refractivity (Wildman–Crippen MR) is 120 cm³/mol. The SMILES string of the molecule is COc1ccc(N2CNC(=O)C23CCN(Cc2ccccc2-c2ccco2)CC3)cc1. The average Bonchev–Trinajstić information content (AvgIpc) is 3.45. The molecule has 1 N–H and O–H groups in total. The number of ether oxygens (including phenoxy) is 1. The van der Waals surface area contributed by atoms with Crippen molar-refractivity contribution in [1.82, 2.24) is 10.2 Å². The monoisotopic (exact) mass is 417 g/mol. The van der Waals surface area contributed by atoms with Crippen molar-refractivity contribution in [3.8, 4) is 17.1 Å². The zero-order valence-corrected chi connectivity index (χ0v) is 17.7. The zero-order valence-electron chi connectivity index (χ0n) is 17.7. The lowest BCUT2D eigenvalue weighted by Gasteiger charge is -2.43. The Labute approximate surface area is 182 Å². The van der Waals surface area contributed by atoms with Gasteiger partial charge in [-0.25, -0.2) is 0 Å². The van der Waals surface area contributed by atoms with Gasteiger partial charge in [0.15, 0.2) is 0 Å². The van der Waals surface area contributed by atoms with E-state index in [0.29, 0.717) is 6.67 Å². The van der Waals surface area contributed by atoms with Crippen molar-refractivity contribution in [3.63, 3.8) is 0 Å². The number of anilines is 1. The van der Waals surface area contributed by atoms with Crippen molar-refractivity contribution in [1.29, 1.82) is 0 Å². The van der Waals surface area contributed by atoms with Crippen molar-refractivity contribution in [2.24, 2.45) is 0 Å². The van der Waals surface area contributed by atoms with E-state index in [1.54, 1.807) is 13.4 Å². The predicted octanol–water partition coefficient (Wildman–Crippen LogP) is 3.88. The fourth-order valence-electron chi connectivity index (χ4n) is 4.84. The summed E-state index contributed by atoms with van der Waals surface area (Å²) >= 11 is 0. The standard InChI is InChI=1S/C25H27N3O3/c1-30-21-10-8-20(9-11-21)28-18-26-24(29)25(28)12-14-27(15-13-25)17-19-5-2-3-6-22(19)23-7-4-16-31-23/h2-11,16H,12-15,17-18H2,1H3,(H,26,29). The average molecular weight is 418 g/mol. The molecular weight excluding hydrogens is 390 g/mol. The lowest BCUT2D eigenvalue weighted by Crippen LogP contribution is -2.56. The second-order valence-corrected chi connectivity index (χ2v) is 8.23. The summed E-state index contributed by atoms with van der Waals surface area (Å²) in [6.45, 7) is 3.13. The molecule has 0 atom stereocenters. The van der Waals surface area contributed by atoms with Crippen LogP contribution in [-0.2, 0) is 11.3 Å². The summed E-state index contributed by atoms with van der Waals surface area (Å²) in [6.07, 6.45) is 3.31. The molecule has 160 valence electrons. The van der Waals surface area contributed by atoms with Crippen LogP contribution < -0.4 is 15.0 Å². The second-order valence-electron chi connectivity index (χ2n) is 8.23. The number of furan rings is 1. The Hall–Kier alpha value is -3.25. The Morgan fingerprint density at radius 3 is 2.52 bits per heavy atom. The number of methoxy groups -OCH3 is 1. The first-order valence-electron chi connectivity index (χ1n) is 10.7. The Bertz CT molecular complexity index is 1040. The highest BCUT2D eigenvalue weighted by atomic mass is 16.5. The number of carbonyl (C=O) groups is 1. The minimum absolute atomic E-state index is 0.138. The quantitative estimate of drug-likeness (QED) is 0.683. The molecule has 5 rings (SSSR count). The maximum Gasteiger partial charge on any atom is 0.247 e. The van der Waals surface area contributed by atoms with Crippen LogP contribution in [0, 0.1) is 0 Å². The highest BCUT2D eigenvalue weighted by Crippen LogP contribution is 2.37.